The van der Waals surface area contributed by atoms with Gasteiger partial charge in [0.1, 0.15) is 12.1 Å². The average molecular weight is 275 g/mol. The maximum absolute atomic E-state index is 11.2. The van der Waals surface area contributed by atoms with Gasteiger partial charge in [-0.25, -0.2) is 4.98 Å². The maximum atomic E-state index is 11.2. The zero-order valence-corrected chi connectivity index (χ0v) is 11.0. The number of aryl methyl sites for hydroxylation is 1. The number of nitrogens with one attached hydrogen (secondary N) is 1. The number of ether oxygens (including phenoxy) is 1. The van der Waals surface area contributed by atoms with E-state index in [1.54, 1.807) is 12.1 Å². The lowest BCUT2D eigenvalue weighted by Gasteiger charge is -2.08. The van der Waals surface area contributed by atoms with Crippen LogP contribution < -0.4 is 10.1 Å². The third kappa shape index (κ3) is 2.97. The summed E-state index contributed by atoms with van der Waals surface area (Å²) in [6.45, 7) is 4.15. The first-order valence-corrected chi connectivity index (χ1v) is 5.95. The van der Waals surface area contributed by atoms with Gasteiger partial charge in [-0.05, 0) is 26.0 Å². The molecule has 8 nitrogen and oxygen atoms in total. The molecule has 2 rings (SSSR count). The van der Waals surface area contributed by atoms with Crippen molar-refractivity contribution in [3.63, 3.8) is 0 Å². The first-order valence-electron chi connectivity index (χ1n) is 5.95. The van der Waals surface area contributed by atoms with Gasteiger partial charge in [0.25, 0.3) is 0 Å². The predicted octanol–water partition coefficient (Wildman–Crippen LogP) is 2.31. The van der Waals surface area contributed by atoms with E-state index in [2.05, 4.69) is 20.3 Å². The van der Waals surface area contributed by atoms with E-state index in [-0.39, 0.29) is 17.4 Å². The molecule has 0 unspecified atom stereocenters. The summed E-state index contributed by atoms with van der Waals surface area (Å²) in [7, 11) is 0. The summed E-state index contributed by atoms with van der Waals surface area (Å²) >= 11 is 0. The minimum absolute atomic E-state index is 0.119. The van der Waals surface area contributed by atoms with Crippen LogP contribution in [0, 0.1) is 17.0 Å². The van der Waals surface area contributed by atoms with Gasteiger partial charge < -0.3 is 10.1 Å². The maximum Gasteiger partial charge on any atom is 0.373 e. The molecule has 0 aliphatic heterocycles. The van der Waals surface area contributed by atoms with E-state index < -0.39 is 4.92 Å². The second-order valence-electron chi connectivity index (χ2n) is 3.90. The zero-order valence-electron chi connectivity index (χ0n) is 11.0. The lowest BCUT2D eigenvalue weighted by molar-refractivity contribution is -0.385. The van der Waals surface area contributed by atoms with Crippen molar-refractivity contribution in [1.29, 1.82) is 0 Å². The first-order chi connectivity index (χ1) is 9.61. The lowest BCUT2D eigenvalue weighted by atomic mass is 10.4. The fraction of sp³-hybridized carbons (Fsp3) is 0.250. The smallest absolute Gasteiger partial charge is 0.373 e. The van der Waals surface area contributed by atoms with Crippen molar-refractivity contribution in [3.8, 4) is 11.6 Å². The highest BCUT2D eigenvalue weighted by Crippen LogP contribution is 2.33. The standard InChI is InChI=1S/C12H13N5O3/c1-3-13-11-10(17(18)19)12(16-7-15-11)20-9-5-4-8(2)14-6-9/h4-7H,3H2,1-2H3,(H,13,15,16). The van der Waals surface area contributed by atoms with Gasteiger partial charge in [0.15, 0.2) is 0 Å². The average Bonchev–Trinajstić information content (AvgIpc) is 2.41. The third-order valence-corrected chi connectivity index (χ3v) is 2.41. The number of pyridine rings is 1. The van der Waals surface area contributed by atoms with Crippen LogP contribution in [-0.2, 0) is 0 Å². The van der Waals surface area contributed by atoms with Crippen LogP contribution in [0.25, 0.3) is 0 Å². The molecular weight excluding hydrogens is 262 g/mol. The van der Waals surface area contributed by atoms with E-state index in [1.807, 2.05) is 13.8 Å². The molecule has 0 amide bonds. The van der Waals surface area contributed by atoms with E-state index in [0.717, 1.165) is 5.69 Å². The van der Waals surface area contributed by atoms with Crippen LogP contribution in [0.1, 0.15) is 12.6 Å². The highest BCUT2D eigenvalue weighted by molar-refractivity contribution is 5.61. The molecule has 0 radical (unpaired) electrons. The van der Waals surface area contributed by atoms with Crippen LogP contribution in [-0.4, -0.2) is 26.4 Å². The number of nitro groups is 1. The summed E-state index contributed by atoms with van der Waals surface area (Å²) in [5, 5.41) is 14.0. The molecule has 0 saturated heterocycles. The van der Waals surface area contributed by atoms with E-state index in [9.17, 15) is 10.1 Å². The van der Waals surface area contributed by atoms with Crippen molar-refractivity contribution in [2.24, 2.45) is 0 Å². The second-order valence-corrected chi connectivity index (χ2v) is 3.90. The normalized spacial score (nSPS) is 10.1. The van der Waals surface area contributed by atoms with Crippen LogP contribution in [0.2, 0.25) is 0 Å². The molecule has 8 heteroatoms. The third-order valence-electron chi connectivity index (χ3n) is 2.41. The van der Waals surface area contributed by atoms with Gasteiger partial charge in [0.2, 0.25) is 5.82 Å². The highest BCUT2D eigenvalue weighted by atomic mass is 16.6. The van der Waals surface area contributed by atoms with Gasteiger partial charge in [0.05, 0.1) is 11.1 Å². The van der Waals surface area contributed by atoms with Crippen molar-refractivity contribution < 1.29 is 9.66 Å². The molecule has 104 valence electrons. The summed E-state index contributed by atoms with van der Waals surface area (Å²) in [5.74, 6) is 0.383. The van der Waals surface area contributed by atoms with Crippen LogP contribution in [0.3, 0.4) is 0 Å². The molecule has 0 spiro atoms. The molecule has 0 aliphatic rings. The Morgan fingerprint density at radius 3 is 2.75 bits per heavy atom. The van der Waals surface area contributed by atoms with E-state index in [4.69, 9.17) is 4.74 Å². The monoisotopic (exact) mass is 275 g/mol. The first kappa shape index (κ1) is 13.7. The molecule has 2 heterocycles. The van der Waals surface area contributed by atoms with Crippen LogP contribution >= 0.6 is 0 Å². The molecule has 1 N–H and O–H groups in total. The van der Waals surface area contributed by atoms with Gasteiger partial charge in [-0.3, -0.25) is 15.1 Å². The minimum Gasteiger partial charge on any atom is -0.432 e. The molecule has 0 fully saturated rings. The van der Waals surface area contributed by atoms with E-state index in [0.29, 0.717) is 12.3 Å². The molecule has 0 atom stereocenters. The zero-order chi connectivity index (χ0) is 14.5. The van der Waals surface area contributed by atoms with Crippen LogP contribution in [0.5, 0.6) is 11.6 Å². The molecule has 0 saturated carbocycles. The minimum atomic E-state index is -0.574. The van der Waals surface area contributed by atoms with Gasteiger partial charge in [-0.15, -0.1) is 0 Å². The summed E-state index contributed by atoms with van der Waals surface area (Å²) in [4.78, 5) is 22.3. The number of aromatic nitrogens is 3. The summed E-state index contributed by atoms with van der Waals surface area (Å²) < 4.78 is 5.42. The van der Waals surface area contributed by atoms with Gasteiger partial charge >= 0.3 is 11.6 Å². The Hall–Kier alpha value is -2.77. The molecule has 2 aromatic heterocycles. The van der Waals surface area contributed by atoms with E-state index >= 15 is 0 Å². The van der Waals surface area contributed by atoms with Gasteiger partial charge in [-0.2, -0.15) is 4.98 Å². The van der Waals surface area contributed by atoms with Crippen molar-refractivity contribution in [3.05, 3.63) is 40.5 Å². The summed E-state index contributed by atoms with van der Waals surface area (Å²) in [5.41, 5.74) is 0.526. The second kappa shape index (κ2) is 5.91. The number of hydrogen-bond donors (Lipinski definition) is 1. The van der Waals surface area contributed by atoms with Gasteiger partial charge in [0, 0.05) is 12.2 Å². The molecule has 0 aromatic carbocycles. The molecule has 20 heavy (non-hydrogen) atoms. The van der Waals surface area contributed by atoms with Crippen molar-refractivity contribution in [2.75, 3.05) is 11.9 Å². The molecule has 0 aliphatic carbocycles. The van der Waals surface area contributed by atoms with Crippen molar-refractivity contribution in [1.82, 2.24) is 15.0 Å². The molecule has 0 bridgehead atoms. The number of anilines is 1. The Morgan fingerprint density at radius 1 is 1.35 bits per heavy atom. The van der Waals surface area contributed by atoms with Crippen LogP contribution in [0.4, 0.5) is 11.5 Å². The van der Waals surface area contributed by atoms with Crippen molar-refractivity contribution >= 4 is 11.5 Å². The Balaban J connectivity index is 2.37. The Labute approximate surface area is 115 Å². The van der Waals surface area contributed by atoms with Gasteiger partial charge in [-0.1, -0.05) is 0 Å². The fourth-order valence-corrected chi connectivity index (χ4v) is 1.52. The van der Waals surface area contributed by atoms with Crippen molar-refractivity contribution in [2.45, 2.75) is 13.8 Å². The summed E-state index contributed by atoms with van der Waals surface area (Å²) in [6.07, 6.45) is 2.69. The number of nitrogens with zero attached hydrogens (tertiary/aromatic N) is 4. The Morgan fingerprint density at radius 2 is 2.15 bits per heavy atom. The quantitative estimate of drug-likeness (QED) is 0.659. The van der Waals surface area contributed by atoms with E-state index in [1.165, 1.54) is 12.5 Å². The Kier molecular flexibility index (Phi) is 4.04. The predicted molar refractivity (Wildman–Crippen MR) is 71.9 cm³/mol. The molecule has 2 aromatic rings. The fourth-order valence-electron chi connectivity index (χ4n) is 1.52. The summed E-state index contributed by atoms with van der Waals surface area (Å²) in [6, 6.07) is 3.41. The molecular formula is C12H13N5O3. The Bertz CT molecular complexity index is 615. The largest absolute Gasteiger partial charge is 0.432 e. The lowest BCUT2D eigenvalue weighted by Crippen LogP contribution is -2.06. The SMILES string of the molecule is CCNc1ncnc(Oc2ccc(C)nc2)c1[N+](=O)[O-]. The highest BCUT2D eigenvalue weighted by Gasteiger charge is 2.24. The number of rotatable bonds is 5. The topological polar surface area (TPSA) is 103 Å². The van der Waals surface area contributed by atoms with Crippen LogP contribution in [0.15, 0.2) is 24.7 Å². The number of hydrogen-bond acceptors (Lipinski definition) is 7.